The van der Waals surface area contributed by atoms with Gasteiger partial charge in [-0.1, -0.05) is 42.3 Å². The molecular formula is C31H32ClN5S. The molecule has 0 aliphatic carbocycles. The van der Waals surface area contributed by atoms with Crippen molar-refractivity contribution in [3.8, 4) is 5.69 Å². The second-order valence-electron chi connectivity index (χ2n) is 10.4. The maximum atomic E-state index is 6.94. The topological polar surface area (TPSA) is 36.3 Å². The summed E-state index contributed by atoms with van der Waals surface area (Å²) >= 11 is 12.9. The number of thiocarbonyl (C=S) groups is 1. The zero-order valence-electron chi connectivity index (χ0n) is 21.7. The largest absolute Gasteiger partial charge is 0.370 e. The van der Waals surface area contributed by atoms with Crippen molar-refractivity contribution in [2.75, 3.05) is 22.9 Å². The van der Waals surface area contributed by atoms with Crippen LogP contribution < -0.4 is 15.1 Å². The second kappa shape index (κ2) is 10.4. The van der Waals surface area contributed by atoms with E-state index in [1.165, 1.54) is 18.4 Å². The van der Waals surface area contributed by atoms with Gasteiger partial charge in [-0.15, -0.1) is 0 Å². The van der Waals surface area contributed by atoms with Crippen molar-refractivity contribution in [2.45, 2.75) is 38.8 Å². The van der Waals surface area contributed by atoms with Crippen LogP contribution in [0.25, 0.3) is 5.69 Å². The van der Waals surface area contributed by atoms with E-state index in [9.17, 15) is 0 Å². The number of rotatable bonds is 5. The predicted octanol–water partition coefficient (Wildman–Crippen LogP) is 7.25. The maximum Gasteiger partial charge on any atom is 0.174 e. The molecule has 2 saturated heterocycles. The molecule has 2 aliphatic heterocycles. The number of aryl methyl sites for hydroxylation is 1. The van der Waals surface area contributed by atoms with Crippen molar-refractivity contribution in [1.29, 1.82) is 0 Å². The van der Waals surface area contributed by atoms with Crippen LogP contribution in [0.3, 0.4) is 0 Å². The Hall–Kier alpha value is -3.35. The number of aromatic nitrogens is 2. The van der Waals surface area contributed by atoms with Gasteiger partial charge in [-0.2, -0.15) is 0 Å². The van der Waals surface area contributed by atoms with Gasteiger partial charge in [0.15, 0.2) is 5.11 Å². The fourth-order valence-corrected chi connectivity index (χ4v) is 6.30. The van der Waals surface area contributed by atoms with Gasteiger partial charge < -0.3 is 19.7 Å². The number of pyridine rings is 1. The monoisotopic (exact) mass is 541 g/mol. The molecule has 0 radical (unpaired) electrons. The van der Waals surface area contributed by atoms with Crippen LogP contribution in [0.1, 0.15) is 48.8 Å². The number of hydrogen-bond donors (Lipinski definition) is 1. The smallest absolute Gasteiger partial charge is 0.174 e. The van der Waals surface area contributed by atoms with E-state index in [0.717, 1.165) is 52.5 Å². The summed E-state index contributed by atoms with van der Waals surface area (Å²) in [6.07, 6.45) is 6.34. The van der Waals surface area contributed by atoms with Gasteiger partial charge >= 0.3 is 0 Å². The lowest BCUT2D eigenvalue weighted by atomic mass is 9.98. The summed E-state index contributed by atoms with van der Waals surface area (Å²) in [6.45, 7) is 6.51. The number of hydrogen-bond acceptors (Lipinski definition) is 3. The van der Waals surface area contributed by atoms with E-state index in [-0.39, 0.29) is 12.1 Å². The number of benzene rings is 2. The molecule has 4 aromatic rings. The molecule has 38 heavy (non-hydrogen) atoms. The molecule has 2 atom stereocenters. The van der Waals surface area contributed by atoms with Crippen LogP contribution in [0.15, 0.2) is 85.2 Å². The Balaban J connectivity index is 1.42. The highest BCUT2D eigenvalue weighted by Crippen LogP contribution is 2.44. The molecule has 1 N–H and O–H groups in total. The van der Waals surface area contributed by atoms with Crippen molar-refractivity contribution in [3.63, 3.8) is 0 Å². The average Bonchev–Trinajstić information content (AvgIpc) is 3.54. The van der Waals surface area contributed by atoms with Crippen molar-refractivity contribution in [3.05, 3.63) is 107 Å². The van der Waals surface area contributed by atoms with Gasteiger partial charge in [0.05, 0.1) is 22.4 Å². The Morgan fingerprint density at radius 1 is 0.947 bits per heavy atom. The summed E-state index contributed by atoms with van der Waals surface area (Å²) < 4.78 is 2.24. The molecule has 0 unspecified atom stereocenters. The van der Waals surface area contributed by atoms with E-state index in [0.29, 0.717) is 5.11 Å². The summed E-state index contributed by atoms with van der Waals surface area (Å²) in [5.74, 6) is 0.770. The first kappa shape index (κ1) is 25.0. The molecule has 4 heterocycles. The normalized spacial score (nSPS) is 20.1. The minimum atomic E-state index is -0.121. The number of halogens is 1. The lowest BCUT2D eigenvalue weighted by Crippen LogP contribution is -2.33. The van der Waals surface area contributed by atoms with Gasteiger partial charge in [-0.3, -0.25) is 4.98 Å². The number of nitrogens with zero attached hydrogens (tertiary/aromatic N) is 4. The first-order valence-corrected chi connectivity index (χ1v) is 14.1. The second-order valence-corrected chi connectivity index (χ2v) is 11.2. The molecule has 7 heteroatoms. The fraction of sp³-hybridized carbons (Fsp3) is 0.290. The first-order valence-electron chi connectivity index (χ1n) is 13.3. The third-order valence-corrected chi connectivity index (χ3v) is 8.44. The van der Waals surface area contributed by atoms with Crippen LogP contribution in [0.5, 0.6) is 0 Å². The van der Waals surface area contributed by atoms with Gasteiger partial charge in [0, 0.05) is 42.6 Å². The molecule has 194 valence electrons. The third-order valence-electron chi connectivity index (χ3n) is 7.83. The molecule has 2 aliphatic rings. The number of nitrogens with one attached hydrogen (secondary N) is 1. The molecule has 0 amide bonds. The maximum absolute atomic E-state index is 6.94. The first-order chi connectivity index (χ1) is 18.5. The molecule has 0 spiro atoms. The summed E-state index contributed by atoms with van der Waals surface area (Å²) in [5, 5.41) is 5.00. The van der Waals surface area contributed by atoms with Gasteiger partial charge in [0.25, 0.3) is 0 Å². The van der Waals surface area contributed by atoms with Gasteiger partial charge in [0.1, 0.15) is 6.04 Å². The molecule has 2 aromatic carbocycles. The minimum Gasteiger partial charge on any atom is -0.370 e. The Morgan fingerprint density at radius 3 is 2.42 bits per heavy atom. The molecule has 5 nitrogen and oxygen atoms in total. The molecule has 0 bridgehead atoms. The van der Waals surface area contributed by atoms with E-state index >= 15 is 0 Å². The highest BCUT2D eigenvalue weighted by Gasteiger charge is 2.42. The highest BCUT2D eigenvalue weighted by atomic mass is 35.5. The van der Waals surface area contributed by atoms with Crippen molar-refractivity contribution in [1.82, 2.24) is 14.9 Å². The summed E-state index contributed by atoms with van der Waals surface area (Å²) in [7, 11) is 0. The molecule has 0 saturated carbocycles. The zero-order valence-corrected chi connectivity index (χ0v) is 23.3. The van der Waals surface area contributed by atoms with Crippen LogP contribution >= 0.6 is 23.8 Å². The van der Waals surface area contributed by atoms with Crippen LogP contribution in [0.2, 0.25) is 5.02 Å². The van der Waals surface area contributed by atoms with E-state index in [4.69, 9.17) is 28.8 Å². The fourth-order valence-electron chi connectivity index (χ4n) is 5.66. The van der Waals surface area contributed by atoms with Crippen molar-refractivity contribution < 1.29 is 0 Å². The van der Waals surface area contributed by atoms with E-state index in [2.05, 4.69) is 100 Å². The predicted molar refractivity (Wildman–Crippen MR) is 161 cm³/mol. The van der Waals surface area contributed by atoms with E-state index in [1.807, 2.05) is 18.3 Å². The van der Waals surface area contributed by atoms with Crippen LogP contribution in [0, 0.1) is 12.8 Å². The summed E-state index contributed by atoms with van der Waals surface area (Å²) in [4.78, 5) is 9.31. The Bertz CT molecular complexity index is 1430. The lowest BCUT2D eigenvalue weighted by Gasteiger charge is -2.33. The lowest BCUT2D eigenvalue weighted by molar-refractivity contribution is 0.438. The number of piperidine rings is 1. The average molecular weight is 542 g/mol. The van der Waals surface area contributed by atoms with Crippen molar-refractivity contribution >= 4 is 40.3 Å². The SMILES string of the molecule is Cc1ccc(-n2cccc2[C@@H]2[C@@H](c3ccccn3)NC(=S)N2c2ccc(N3CCC(C)CC3)c(Cl)c2)cc1. The zero-order chi connectivity index (χ0) is 26.2. The Labute approximate surface area is 235 Å². The van der Waals surface area contributed by atoms with Crippen LogP contribution in [-0.2, 0) is 0 Å². The minimum absolute atomic E-state index is 0.119. The molecule has 2 fully saturated rings. The van der Waals surface area contributed by atoms with Crippen molar-refractivity contribution in [2.24, 2.45) is 5.92 Å². The van der Waals surface area contributed by atoms with Gasteiger partial charge in [0.2, 0.25) is 0 Å². The Morgan fingerprint density at radius 2 is 1.71 bits per heavy atom. The quantitative estimate of drug-likeness (QED) is 0.269. The summed E-state index contributed by atoms with van der Waals surface area (Å²) in [6, 6.07) is 25.0. The summed E-state index contributed by atoms with van der Waals surface area (Å²) in [5.41, 5.74) is 6.49. The van der Waals surface area contributed by atoms with Gasteiger partial charge in [-0.25, -0.2) is 0 Å². The molecule has 2 aromatic heterocycles. The van der Waals surface area contributed by atoms with Crippen LogP contribution in [0.4, 0.5) is 11.4 Å². The number of anilines is 2. The van der Waals surface area contributed by atoms with Crippen LogP contribution in [-0.4, -0.2) is 27.8 Å². The third kappa shape index (κ3) is 4.67. The highest BCUT2D eigenvalue weighted by molar-refractivity contribution is 7.80. The standard InChI is InChI=1S/C31H32ClN5S/c1-21-8-10-23(11-9-21)36-17-5-7-28(36)30-29(26-6-3-4-16-33-26)34-31(38)37(30)24-12-13-27(25(32)20-24)35-18-14-22(2)15-19-35/h3-13,16-17,20,22,29-30H,14-15,18-19H2,1-2H3,(H,34,38)/t29-,30-/m1/s1. The molecular weight excluding hydrogens is 510 g/mol. The van der Waals surface area contributed by atoms with E-state index < -0.39 is 0 Å². The van der Waals surface area contributed by atoms with Gasteiger partial charge in [-0.05, 0) is 92.5 Å². The molecule has 6 rings (SSSR count). The van der Waals surface area contributed by atoms with E-state index in [1.54, 1.807) is 0 Å². The Kier molecular flexibility index (Phi) is 6.85.